The minimum Gasteiger partial charge on any atom is -0.395 e. The summed E-state index contributed by atoms with van der Waals surface area (Å²) in [5.41, 5.74) is 0.723. The zero-order chi connectivity index (χ0) is 21.7. The van der Waals surface area contributed by atoms with E-state index in [4.69, 9.17) is 4.98 Å². The van der Waals surface area contributed by atoms with Crippen LogP contribution in [0.15, 0.2) is 23.1 Å². The fourth-order valence-corrected chi connectivity index (χ4v) is 5.32. The van der Waals surface area contributed by atoms with Crippen molar-refractivity contribution in [3.8, 4) is 0 Å². The molecule has 1 aromatic heterocycles. The van der Waals surface area contributed by atoms with Crippen molar-refractivity contribution < 1.29 is 18.6 Å². The first kappa shape index (κ1) is 22.2. The number of benzene rings is 1. The number of imidazole rings is 1. The maximum Gasteiger partial charge on any atom is 0.185 e. The normalized spacial score (nSPS) is 17.9. The molecule has 0 spiro atoms. The Morgan fingerprint density at radius 1 is 1.14 bits per heavy atom. The highest BCUT2D eigenvalue weighted by atomic mass is 32.2. The number of hydrogen-bond donors (Lipinski definition) is 2. The molecule has 0 aliphatic heterocycles. The van der Waals surface area contributed by atoms with E-state index < -0.39 is 26.8 Å². The number of aromatic nitrogens is 2. The number of nitrogens with zero attached hydrogens (tertiary/aromatic N) is 2. The molecule has 1 aliphatic rings. The van der Waals surface area contributed by atoms with Gasteiger partial charge in [0.25, 0.3) is 0 Å². The molecule has 1 aromatic carbocycles. The van der Waals surface area contributed by atoms with Crippen LogP contribution in [0.5, 0.6) is 0 Å². The highest BCUT2D eigenvalue weighted by Gasteiger charge is 2.36. The summed E-state index contributed by atoms with van der Waals surface area (Å²) < 4.78 is 26.7. The molecule has 1 fully saturated rings. The van der Waals surface area contributed by atoms with E-state index in [0.29, 0.717) is 12.1 Å². The van der Waals surface area contributed by atoms with E-state index in [1.807, 2.05) is 0 Å². The van der Waals surface area contributed by atoms with Gasteiger partial charge < -0.3 is 14.8 Å². The Kier molecular flexibility index (Phi) is 5.65. The first-order chi connectivity index (χ1) is 13.3. The van der Waals surface area contributed by atoms with Crippen molar-refractivity contribution in [2.24, 2.45) is 5.41 Å². The Balaban J connectivity index is 2.12. The number of aliphatic hydroxyl groups excluding tert-OH is 1. The van der Waals surface area contributed by atoms with Crippen molar-refractivity contribution >= 4 is 20.9 Å². The molecule has 0 amide bonds. The van der Waals surface area contributed by atoms with Gasteiger partial charge in [-0.05, 0) is 50.3 Å². The van der Waals surface area contributed by atoms with E-state index in [9.17, 15) is 18.6 Å². The van der Waals surface area contributed by atoms with Crippen molar-refractivity contribution in [2.75, 3.05) is 6.61 Å². The predicted molar refractivity (Wildman–Crippen MR) is 115 cm³/mol. The molecule has 2 aromatic rings. The lowest BCUT2D eigenvalue weighted by Crippen LogP contribution is -2.35. The lowest BCUT2D eigenvalue weighted by molar-refractivity contribution is 0.0299. The molecule has 0 saturated heterocycles. The number of rotatable bonds is 6. The lowest BCUT2D eigenvalue weighted by atomic mass is 9.91. The number of fused-ring (bicyclic) bond motifs is 1. The van der Waals surface area contributed by atoms with Crippen LogP contribution in [0.25, 0.3) is 11.0 Å². The Morgan fingerprint density at radius 3 is 2.31 bits per heavy atom. The Labute approximate surface area is 173 Å². The van der Waals surface area contributed by atoms with Gasteiger partial charge in [0.05, 0.1) is 39.4 Å². The van der Waals surface area contributed by atoms with Gasteiger partial charge in [-0.25, -0.2) is 13.4 Å². The largest absolute Gasteiger partial charge is 0.395 e. The summed E-state index contributed by atoms with van der Waals surface area (Å²) in [6.45, 7) is 9.48. The molecule has 3 rings (SSSR count). The maximum absolute atomic E-state index is 12.9. The summed E-state index contributed by atoms with van der Waals surface area (Å²) >= 11 is 0. The molecule has 1 saturated carbocycles. The fraction of sp³-hybridized carbons (Fsp3) is 0.682. The van der Waals surface area contributed by atoms with E-state index in [0.717, 1.165) is 43.4 Å². The SMILES string of the molecule is CC(C)(C)Cc1nc2cc(S(=O)(=O)C(C)(C)CO)ccc2n1CC1(O)CCCC1. The third-order valence-electron chi connectivity index (χ3n) is 5.89. The van der Waals surface area contributed by atoms with Gasteiger partial charge >= 0.3 is 0 Å². The van der Waals surface area contributed by atoms with Gasteiger partial charge in [0, 0.05) is 6.42 Å². The van der Waals surface area contributed by atoms with Gasteiger partial charge in [-0.2, -0.15) is 0 Å². The Hall–Kier alpha value is -1.44. The second-order valence-electron chi connectivity index (χ2n) is 10.4. The molecule has 1 heterocycles. The van der Waals surface area contributed by atoms with Crippen molar-refractivity contribution in [1.29, 1.82) is 0 Å². The molecule has 0 bridgehead atoms. The smallest absolute Gasteiger partial charge is 0.185 e. The molecule has 2 N–H and O–H groups in total. The first-order valence-corrected chi connectivity index (χ1v) is 11.8. The third-order valence-corrected chi connectivity index (χ3v) is 8.35. The van der Waals surface area contributed by atoms with Crippen LogP contribution in [0, 0.1) is 5.41 Å². The summed E-state index contributed by atoms with van der Waals surface area (Å²) in [6, 6.07) is 4.98. The molecule has 0 radical (unpaired) electrons. The van der Waals surface area contributed by atoms with E-state index >= 15 is 0 Å². The second kappa shape index (κ2) is 7.36. The molecular weight excluding hydrogens is 388 g/mol. The van der Waals surface area contributed by atoms with Gasteiger partial charge in [0.2, 0.25) is 0 Å². The van der Waals surface area contributed by atoms with Gasteiger partial charge in [-0.1, -0.05) is 33.6 Å². The second-order valence-corrected chi connectivity index (χ2v) is 12.9. The number of sulfone groups is 1. The minimum atomic E-state index is -3.70. The van der Waals surface area contributed by atoms with E-state index in [-0.39, 0.29) is 10.3 Å². The van der Waals surface area contributed by atoms with Crippen LogP contribution in [-0.4, -0.2) is 45.1 Å². The van der Waals surface area contributed by atoms with Crippen molar-refractivity contribution in [2.45, 2.75) is 88.5 Å². The molecule has 7 heteroatoms. The van der Waals surface area contributed by atoms with Crippen LogP contribution in [0.2, 0.25) is 0 Å². The quantitative estimate of drug-likeness (QED) is 0.744. The van der Waals surface area contributed by atoms with Crippen molar-refractivity contribution in [1.82, 2.24) is 9.55 Å². The van der Waals surface area contributed by atoms with Crippen LogP contribution in [-0.2, 0) is 22.8 Å². The average Bonchev–Trinajstić information content (AvgIpc) is 3.17. The van der Waals surface area contributed by atoms with Crippen LogP contribution in [0.4, 0.5) is 0 Å². The third kappa shape index (κ3) is 4.37. The molecule has 29 heavy (non-hydrogen) atoms. The van der Waals surface area contributed by atoms with Gasteiger partial charge in [-0.15, -0.1) is 0 Å². The summed E-state index contributed by atoms with van der Waals surface area (Å²) in [7, 11) is -3.70. The maximum atomic E-state index is 12.9. The summed E-state index contributed by atoms with van der Waals surface area (Å²) in [5, 5.41) is 20.5. The van der Waals surface area contributed by atoms with Gasteiger partial charge in [0.1, 0.15) is 5.82 Å². The van der Waals surface area contributed by atoms with Crippen LogP contribution < -0.4 is 0 Å². The molecule has 0 unspecified atom stereocenters. The molecular formula is C22H34N2O4S. The van der Waals surface area contributed by atoms with Crippen LogP contribution in [0.1, 0.15) is 66.1 Å². The van der Waals surface area contributed by atoms with Gasteiger partial charge in [0.15, 0.2) is 9.84 Å². The van der Waals surface area contributed by atoms with Crippen LogP contribution >= 0.6 is 0 Å². The number of hydrogen-bond acceptors (Lipinski definition) is 5. The zero-order valence-corrected chi connectivity index (χ0v) is 19.0. The highest BCUT2D eigenvalue weighted by Crippen LogP contribution is 2.35. The highest BCUT2D eigenvalue weighted by molar-refractivity contribution is 7.92. The number of aliphatic hydroxyl groups is 2. The van der Waals surface area contributed by atoms with Crippen molar-refractivity contribution in [3.05, 3.63) is 24.0 Å². The lowest BCUT2D eigenvalue weighted by Gasteiger charge is -2.26. The van der Waals surface area contributed by atoms with Gasteiger partial charge in [-0.3, -0.25) is 0 Å². The summed E-state index contributed by atoms with van der Waals surface area (Å²) in [5.74, 6) is 0.865. The first-order valence-electron chi connectivity index (χ1n) is 10.4. The van der Waals surface area contributed by atoms with E-state index in [2.05, 4.69) is 25.3 Å². The predicted octanol–water partition coefficient (Wildman–Crippen LogP) is 3.47. The minimum absolute atomic E-state index is 0.00517. The molecule has 162 valence electrons. The average molecular weight is 423 g/mol. The Bertz CT molecular complexity index is 994. The topological polar surface area (TPSA) is 92.4 Å². The molecule has 1 aliphatic carbocycles. The van der Waals surface area contributed by atoms with Crippen LogP contribution in [0.3, 0.4) is 0 Å². The standard InChI is InChI=1S/C22H34N2O4S/c1-20(2,3)13-19-23-17-12-16(29(27,28)21(4,5)15-25)8-9-18(17)24(19)14-22(26)10-6-7-11-22/h8-9,12,25-26H,6-7,10-11,13-15H2,1-5H3. The molecule has 0 atom stereocenters. The summed E-state index contributed by atoms with van der Waals surface area (Å²) in [4.78, 5) is 4.94. The van der Waals surface area contributed by atoms with E-state index in [1.165, 1.54) is 13.8 Å². The Morgan fingerprint density at radius 2 is 1.76 bits per heavy atom. The molecule has 6 nitrogen and oxygen atoms in total. The van der Waals surface area contributed by atoms with Crippen molar-refractivity contribution in [3.63, 3.8) is 0 Å². The summed E-state index contributed by atoms with van der Waals surface area (Å²) in [6.07, 6.45) is 4.33. The fourth-order valence-electron chi connectivity index (χ4n) is 4.00. The monoisotopic (exact) mass is 422 g/mol. The van der Waals surface area contributed by atoms with E-state index in [1.54, 1.807) is 18.2 Å². The zero-order valence-electron chi connectivity index (χ0n) is 18.2.